The van der Waals surface area contributed by atoms with Crippen molar-refractivity contribution >= 4 is 5.91 Å². The van der Waals surface area contributed by atoms with Crippen LogP contribution in [0.5, 0.6) is 0 Å². The fourth-order valence-electron chi connectivity index (χ4n) is 4.61. The third kappa shape index (κ3) is 4.51. The topological polar surface area (TPSA) is 74.0 Å². The number of nitrogens with one attached hydrogen (secondary N) is 1. The van der Waals surface area contributed by atoms with Gasteiger partial charge in [0.2, 0.25) is 0 Å². The van der Waals surface area contributed by atoms with Crippen molar-refractivity contribution in [1.29, 1.82) is 5.26 Å². The van der Waals surface area contributed by atoms with Gasteiger partial charge in [-0.15, -0.1) is 0 Å². The summed E-state index contributed by atoms with van der Waals surface area (Å²) in [5.41, 5.74) is 2.35. The number of piperidine rings is 1. The minimum absolute atomic E-state index is 0.0372. The highest BCUT2D eigenvalue weighted by Crippen LogP contribution is 2.35. The number of hydrogen-bond acceptors (Lipinski definition) is 4. The first-order chi connectivity index (χ1) is 15.8. The number of rotatable bonds is 4. The number of likely N-dealkylation sites (N-methyl/N-ethyl adjacent to an activating group) is 1. The Morgan fingerprint density at radius 3 is 2.61 bits per heavy atom. The number of amides is 1. The zero-order valence-electron chi connectivity index (χ0n) is 20.0. The molecule has 0 bridgehead atoms. The molecule has 2 atom stereocenters. The molecule has 2 heterocycles. The van der Waals surface area contributed by atoms with E-state index in [-0.39, 0.29) is 11.3 Å². The van der Waals surface area contributed by atoms with Gasteiger partial charge in [-0.3, -0.25) is 4.79 Å². The van der Waals surface area contributed by atoms with Crippen LogP contribution in [0.15, 0.2) is 54.6 Å². The van der Waals surface area contributed by atoms with Gasteiger partial charge < -0.3 is 10.2 Å². The largest absolute Gasteiger partial charge is 0.336 e. The van der Waals surface area contributed by atoms with Gasteiger partial charge in [0.15, 0.2) is 5.69 Å². The van der Waals surface area contributed by atoms with E-state index >= 15 is 0 Å². The van der Waals surface area contributed by atoms with E-state index in [4.69, 9.17) is 5.10 Å². The molecule has 1 amide bonds. The Labute approximate surface area is 196 Å². The second-order valence-corrected chi connectivity index (χ2v) is 10.1. The summed E-state index contributed by atoms with van der Waals surface area (Å²) in [7, 11) is 1.94. The van der Waals surface area contributed by atoms with Crippen molar-refractivity contribution in [2.24, 2.45) is 0 Å². The van der Waals surface area contributed by atoms with Crippen LogP contribution in [0.4, 0.5) is 0 Å². The second-order valence-electron chi connectivity index (χ2n) is 10.1. The Morgan fingerprint density at radius 2 is 2.00 bits per heavy atom. The van der Waals surface area contributed by atoms with Crippen molar-refractivity contribution in [3.05, 3.63) is 71.6 Å². The molecule has 1 fully saturated rings. The first kappa shape index (κ1) is 23.0. The fourth-order valence-corrected chi connectivity index (χ4v) is 4.61. The highest BCUT2D eigenvalue weighted by molar-refractivity contribution is 5.92. The molecule has 6 heteroatoms. The fraction of sp³-hybridized carbons (Fsp3) is 0.444. The van der Waals surface area contributed by atoms with Crippen LogP contribution in [0.2, 0.25) is 0 Å². The van der Waals surface area contributed by atoms with Crippen molar-refractivity contribution in [3.8, 4) is 11.8 Å². The van der Waals surface area contributed by atoms with Crippen molar-refractivity contribution < 1.29 is 4.79 Å². The number of allylic oxidation sites excluding steroid dienone is 4. The quantitative estimate of drug-likeness (QED) is 0.766. The van der Waals surface area contributed by atoms with Crippen LogP contribution in [-0.4, -0.2) is 46.8 Å². The first-order valence-corrected chi connectivity index (χ1v) is 11.7. The molecule has 33 heavy (non-hydrogen) atoms. The summed E-state index contributed by atoms with van der Waals surface area (Å²) in [5, 5.41) is 18.3. The molecule has 6 nitrogen and oxygen atoms in total. The number of carbonyl (C=O) groups excluding carboxylic acids is 1. The van der Waals surface area contributed by atoms with Crippen LogP contribution in [0, 0.1) is 11.3 Å². The minimum atomic E-state index is -0.863. The maximum atomic E-state index is 13.4. The number of hydrogen-bond donors (Lipinski definition) is 1. The van der Waals surface area contributed by atoms with Crippen LogP contribution >= 0.6 is 0 Å². The Kier molecular flexibility index (Phi) is 6.27. The summed E-state index contributed by atoms with van der Waals surface area (Å²) in [6.45, 7) is 7.94. The number of likely N-dealkylation sites (tertiary alicyclic amines) is 1. The number of carbonyl (C=O) groups is 1. The van der Waals surface area contributed by atoms with Gasteiger partial charge in [0.25, 0.3) is 5.91 Å². The lowest BCUT2D eigenvalue weighted by Crippen LogP contribution is -2.47. The zero-order valence-corrected chi connectivity index (χ0v) is 20.0. The number of nitrogens with zero attached hydrogens (tertiary/aromatic N) is 4. The Bertz CT molecular complexity index is 1110. The molecule has 172 valence electrons. The second kappa shape index (κ2) is 8.99. The van der Waals surface area contributed by atoms with E-state index < -0.39 is 5.41 Å². The Hall–Kier alpha value is -3.17. The van der Waals surface area contributed by atoms with E-state index in [1.165, 1.54) is 5.56 Å². The zero-order chi connectivity index (χ0) is 23.6. The van der Waals surface area contributed by atoms with E-state index in [2.05, 4.69) is 44.3 Å². The molecule has 0 spiro atoms. The van der Waals surface area contributed by atoms with Crippen molar-refractivity contribution in [3.63, 3.8) is 0 Å². The number of aromatic nitrogens is 2. The highest BCUT2D eigenvalue weighted by Gasteiger charge is 2.36. The molecule has 1 N–H and O–H groups in total. The van der Waals surface area contributed by atoms with Crippen molar-refractivity contribution in [1.82, 2.24) is 20.0 Å². The molecule has 1 aliphatic heterocycles. The summed E-state index contributed by atoms with van der Waals surface area (Å²) in [4.78, 5) is 15.3. The monoisotopic (exact) mass is 443 g/mol. The van der Waals surface area contributed by atoms with Gasteiger partial charge in [-0.25, -0.2) is 4.68 Å². The van der Waals surface area contributed by atoms with E-state index in [0.717, 1.165) is 30.8 Å². The van der Waals surface area contributed by atoms with Gasteiger partial charge in [-0.1, -0.05) is 57.2 Å². The van der Waals surface area contributed by atoms with Crippen LogP contribution in [0.25, 0.3) is 5.69 Å². The molecule has 0 radical (unpaired) electrons. The molecule has 1 aromatic heterocycles. The molecule has 1 aromatic carbocycles. The molecule has 1 saturated heterocycles. The van der Waals surface area contributed by atoms with E-state index in [9.17, 15) is 10.1 Å². The lowest BCUT2D eigenvalue weighted by Gasteiger charge is -2.32. The molecular weight excluding hydrogens is 410 g/mol. The van der Waals surface area contributed by atoms with Gasteiger partial charge in [-0.2, -0.15) is 10.4 Å². The average molecular weight is 444 g/mol. The molecular formula is C27H33N5O. The van der Waals surface area contributed by atoms with Gasteiger partial charge in [-0.05, 0) is 55.5 Å². The maximum absolute atomic E-state index is 13.4. The van der Waals surface area contributed by atoms with Crippen molar-refractivity contribution in [2.75, 3.05) is 20.1 Å². The number of benzene rings is 1. The normalized spacial score (nSPS) is 22.9. The first-order valence-electron chi connectivity index (χ1n) is 11.7. The summed E-state index contributed by atoms with van der Waals surface area (Å²) in [5.74, 6) is -0.0790. The van der Waals surface area contributed by atoms with Crippen LogP contribution < -0.4 is 5.32 Å². The van der Waals surface area contributed by atoms with Crippen molar-refractivity contribution in [2.45, 2.75) is 56.9 Å². The standard InChI is InChI=1S/C27H33N5O/c1-26(2,3)20-10-12-22(13-11-20)32-24(27(19-28)14-6-5-7-15-27)17-23(30-32)25(33)31-16-8-9-21(18-31)29-4/h5-7,10-14,17,21,29H,8-9,15-16,18H2,1-4H3. The Morgan fingerprint density at radius 1 is 1.24 bits per heavy atom. The molecule has 0 saturated carbocycles. The molecule has 2 unspecified atom stereocenters. The number of nitriles is 1. The smallest absolute Gasteiger partial charge is 0.274 e. The van der Waals surface area contributed by atoms with Gasteiger partial charge in [0.1, 0.15) is 5.41 Å². The Balaban J connectivity index is 1.77. The third-order valence-corrected chi connectivity index (χ3v) is 6.75. The summed E-state index contributed by atoms with van der Waals surface area (Å²) >= 11 is 0. The van der Waals surface area contributed by atoms with Gasteiger partial charge in [0.05, 0.1) is 17.5 Å². The van der Waals surface area contributed by atoms with Gasteiger partial charge >= 0.3 is 0 Å². The molecule has 2 aromatic rings. The van der Waals surface area contributed by atoms with Crippen LogP contribution in [-0.2, 0) is 10.8 Å². The predicted octanol–water partition coefficient (Wildman–Crippen LogP) is 4.27. The van der Waals surface area contributed by atoms with E-state index in [0.29, 0.717) is 24.7 Å². The highest BCUT2D eigenvalue weighted by atomic mass is 16.2. The third-order valence-electron chi connectivity index (χ3n) is 6.75. The van der Waals surface area contributed by atoms with E-state index in [1.807, 2.05) is 54.5 Å². The lowest BCUT2D eigenvalue weighted by molar-refractivity contribution is 0.0691. The average Bonchev–Trinajstić information content (AvgIpc) is 3.30. The minimum Gasteiger partial charge on any atom is -0.336 e. The summed E-state index contributed by atoms with van der Waals surface area (Å²) in [6.07, 6.45) is 10.3. The molecule has 1 aliphatic carbocycles. The summed E-state index contributed by atoms with van der Waals surface area (Å²) in [6, 6.07) is 12.8. The maximum Gasteiger partial charge on any atom is 0.274 e. The molecule has 2 aliphatic rings. The van der Waals surface area contributed by atoms with Gasteiger partial charge in [0, 0.05) is 19.1 Å². The molecule has 4 rings (SSSR count). The lowest BCUT2D eigenvalue weighted by atomic mass is 9.79. The predicted molar refractivity (Wildman–Crippen MR) is 130 cm³/mol. The SMILES string of the molecule is CNC1CCCN(C(=O)c2cc(C3(C#N)C=CC=CC3)n(-c3ccc(C(C)(C)C)cc3)n2)C1. The van der Waals surface area contributed by atoms with Crippen LogP contribution in [0.3, 0.4) is 0 Å². The van der Waals surface area contributed by atoms with Crippen LogP contribution in [0.1, 0.15) is 61.8 Å². The van der Waals surface area contributed by atoms with E-state index in [1.54, 1.807) is 4.68 Å². The summed E-state index contributed by atoms with van der Waals surface area (Å²) < 4.78 is 1.78.